The average Bonchev–Trinajstić information content (AvgIpc) is 3.60. The molecule has 0 unspecified atom stereocenters. The minimum absolute atomic E-state index is 0.345. The van der Waals surface area contributed by atoms with E-state index >= 15 is 0 Å². The maximum absolute atomic E-state index is 13.7. The van der Waals surface area contributed by atoms with Crippen molar-refractivity contribution in [3.8, 4) is 11.1 Å². The van der Waals surface area contributed by atoms with Crippen LogP contribution in [-0.2, 0) is 29.5 Å². The van der Waals surface area contributed by atoms with Crippen molar-refractivity contribution in [1.29, 1.82) is 0 Å². The van der Waals surface area contributed by atoms with Gasteiger partial charge in [-0.3, -0.25) is 4.79 Å². The van der Waals surface area contributed by atoms with E-state index in [9.17, 15) is 4.79 Å². The fourth-order valence-corrected chi connectivity index (χ4v) is 6.45. The van der Waals surface area contributed by atoms with Gasteiger partial charge in [0.05, 0.1) is 5.41 Å². The summed E-state index contributed by atoms with van der Waals surface area (Å²) in [6, 6.07) is 24.3. The number of ketones is 1. The van der Waals surface area contributed by atoms with Crippen molar-refractivity contribution in [3.63, 3.8) is 0 Å². The normalized spacial score (nSPS) is 24.3. The van der Waals surface area contributed by atoms with Crippen LogP contribution in [0, 0.1) is 5.92 Å². The zero-order valence-electron chi connectivity index (χ0n) is 18.4. The van der Waals surface area contributed by atoms with E-state index in [4.69, 9.17) is 0 Å². The largest absolute Gasteiger partial charge is 0.299 e. The van der Waals surface area contributed by atoms with E-state index < -0.39 is 0 Å². The standard InChI is InChI=1S/C30H30O/c1-20-17-23-9-5-6-10-24(23)25-13-15-27-26(29(20)25)14-16-28(31)30(27,19-22-11-12-22)18-21-7-3-2-4-8-21/h2-10,13,15,20,22H,11-12,14,16-19H2,1H3/t20-,30+/m0/s1. The molecule has 3 aliphatic rings. The maximum atomic E-state index is 13.7. The minimum atomic E-state index is -0.345. The molecule has 0 N–H and O–H groups in total. The third-order valence-electron chi connectivity index (χ3n) is 8.02. The number of benzene rings is 3. The van der Waals surface area contributed by atoms with Gasteiger partial charge in [0.25, 0.3) is 0 Å². The van der Waals surface area contributed by atoms with Crippen LogP contribution in [-0.4, -0.2) is 5.78 Å². The summed E-state index contributed by atoms with van der Waals surface area (Å²) in [5.41, 5.74) is 9.58. The molecule has 0 amide bonds. The SMILES string of the molecule is C[C@H]1Cc2ccccc2-c2ccc3c(c21)CCC(=O)[C@]3(Cc1ccccc1)CC1CC1. The van der Waals surface area contributed by atoms with Gasteiger partial charge in [-0.1, -0.05) is 86.5 Å². The Labute approximate surface area is 185 Å². The zero-order valence-corrected chi connectivity index (χ0v) is 18.4. The van der Waals surface area contributed by atoms with Crippen molar-refractivity contribution < 1.29 is 4.79 Å². The summed E-state index contributed by atoms with van der Waals surface area (Å²) >= 11 is 0. The third kappa shape index (κ3) is 3.09. The Hall–Kier alpha value is -2.67. The lowest BCUT2D eigenvalue weighted by Gasteiger charge is -2.41. The van der Waals surface area contributed by atoms with Gasteiger partial charge in [-0.25, -0.2) is 0 Å². The van der Waals surface area contributed by atoms with Gasteiger partial charge in [-0.2, -0.15) is 0 Å². The van der Waals surface area contributed by atoms with Crippen LogP contribution in [0.15, 0.2) is 66.7 Å². The summed E-state index contributed by atoms with van der Waals surface area (Å²) in [6.07, 6.45) is 7.14. The second kappa shape index (κ2) is 7.19. The summed E-state index contributed by atoms with van der Waals surface area (Å²) in [5, 5.41) is 0. The van der Waals surface area contributed by atoms with Crippen LogP contribution in [0.2, 0.25) is 0 Å². The summed E-state index contributed by atoms with van der Waals surface area (Å²) in [7, 11) is 0. The van der Waals surface area contributed by atoms with Crippen LogP contribution < -0.4 is 0 Å². The molecule has 0 heterocycles. The van der Waals surface area contributed by atoms with Gasteiger partial charge in [0, 0.05) is 6.42 Å². The molecule has 156 valence electrons. The van der Waals surface area contributed by atoms with Crippen molar-refractivity contribution in [2.45, 2.75) is 63.2 Å². The summed E-state index contributed by atoms with van der Waals surface area (Å²) < 4.78 is 0. The first kappa shape index (κ1) is 19.0. The highest BCUT2D eigenvalue weighted by Crippen LogP contribution is 2.51. The van der Waals surface area contributed by atoms with Crippen LogP contribution in [0.4, 0.5) is 0 Å². The molecule has 1 heteroatoms. The monoisotopic (exact) mass is 406 g/mol. The van der Waals surface area contributed by atoms with E-state index in [0.29, 0.717) is 24.0 Å². The molecule has 3 aliphatic carbocycles. The van der Waals surface area contributed by atoms with Crippen LogP contribution in [0.1, 0.15) is 66.3 Å². The highest BCUT2D eigenvalue weighted by atomic mass is 16.1. The first-order valence-corrected chi connectivity index (χ1v) is 12.0. The summed E-state index contributed by atoms with van der Waals surface area (Å²) in [5.74, 6) is 1.69. The Kier molecular flexibility index (Phi) is 4.42. The average molecular weight is 407 g/mol. The highest BCUT2D eigenvalue weighted by Gasteiger charge is 2.48. The molecule has 0 aliphatic heterocycles. The fourth-order valence-electron chi connectivity index (χ4n) is 6.45. The van der Waals surface area contributed by atoms with Crippen molar-refractivity contribution >= 4 is 5.78 Å². The van der Waals surface area contributed by atoms with Gasteiger partial charge in [0.2, 0.25) is 0 Å². The van der Waals surface area contributed by atoms with Gasteiger partial charge >= 0.3 is 0 Å². The molecule has 0 radical (unpaired) electrons. The maximum Gasteiger partial charge on any atom is 0.144 e. The Balaban J connectivity index is 1.55. The molecule has 2 atom stereocenters. The first-order valence-electron chi connectivity index (χ1n) is 12.0. The quantitative estimate of drug-likeness (QED) is 0.465. The fraction of sp³-hybridized carbons (Fsp3) is 0.367. The molecule has 3 aromatic carbocycles. The summed E-state index contributed by atoms with van der Waals surface area (Å²) in [4.78, 5) is 13.7. The lowest BCUT2D eigenvalue weighted by atomic mass is 9.61. The van der Waals surface area contributed by atoms with Crippen LogP contribution >= 0.6 is 0 Å². The van der Waals surface area contributed by atoms with Gasteiger partial charge in [0.1, 0.15) is 5.78 Å². The van der Waals surface area contributed by atoms with E-state index in [2.05, 4.69) is 73.7 Å². The number of Topliss-reactive ketones (excluding diaryl/α,β-unsaturated/α-hetero) is 1. The van der Waals surface area contributed by atoms with Crippen LogP contribution in [0.25, 0.3) is 11.1 Å². The van der Waals surface area contributed by atoms with Crippen molar-refractivity contribution in [1.82, 2.24) is 0 Å². The van der Waals surface area contributed by atoms with Gasteiger partial charge < -0.3 is 0 Å². The smallest absolute Gasteiger partial charge is 0.144 e. The van der Waals surface area contributed by atoms with E-state index in [1.165, 1.54) is 51.8 Å². The first-order chi connectivity index (χ1) is 15.2. The molecular formula is C30H30O. The second-order valence-corrected chi connectivity index (χ2v) is 10.1. The van der Waals surface area contributed by atoms with Gasteiger partial charge in [-0.15, -0.1) is 0 Å². The van der Waals surface area contributed by atoms with E-state index in [1.54, 1.807) is 0 Å². The Bertz CT molecular complexity index is 1150. The van der Waals surface area contributed by atoms with Gasteiger partial charge in [0.15, 0.2) is 0 Å². The molecule has 1 nitrogen and oxygen atoms in total. The predicted molar refractivity (Wildman–Crippen MR) is 126 cm³/mol. The lowest BCUT2D eigenvalue weighted by Crippen LogP contribution is -2.43. The second-order valence-electron chi connectivity index (χ2n) is 10.1. The Morgan fingerprint density at radius 2 is 1.65 bits per heavy atom. The molecular weight excluding hydrogens is 376 g/mol. The number of carbonyl (C=O) groups excluding carboxylic acids is 1. The highest BCUT2D eigenvalue weighted by molar-refractivity contribution is 5.94. The Morgan fingerprint density at radius 3 is 2.45 bits per heavy atom. The van der Waals surface area contributed by atoms with Gasteiger partial charge in [-0.05, 0) is 76.5 Å². The Morgan fingerprint density at radius 1 is 0.871 bits per heavy atom. The number of rotatable bonds is 4. The molecule has 0 spiro atoms. The topological polar surface area (TPSA) is 17.1 Å². The molecule has 0 saturated heterocycles. The molecule has 1 fully saturated rings. The van der Waals surface area contributed by atoms with E-state index in [0.717, 1.165) is 25.7 Å². The zero-order chi connectivity index (χ0) is 21.0. The number of fused-ring (bicyclic) bond motifs is 5. The van der Waals surface area contributed by atoms with E-state index in [1.807, 2.05) is 0 Å². The number of carbonyl (C=O) groups is 1. The van der Waals surface area contributed by atoms with Crippen molar-refractivity contribution in [2.24, 2.45) is 5.92 Å². The molecule has 0 bridgehead atoms. The van der Waals surface area contributed by atoms with Crippen molar-refractivity contribution in [3.05, 3.63) is 94.5 Å². The molecule has 3 aromatic rings. The van der Waals surface area contributed by atoms with Crippen LogP contribution in [0.5, 0.6) is 0 Å². The summed E-state index contributed by atoms with van der Waals surface area (Å²) in [6.45, 7) is 2.38. The molecule has 6 rings (SSSR count). The van der Waals surface area contributed by atoms with E-state index in [-0.39, 0.29) is 5.41 Å². The third-order valence-corrected chi connectivity index (χ3v) is 8.02. The molecule has 1 saturated carbocycles. The molecule has 0 aromatic heterocycles. The van der Waals surface area contributed by atoms with Crippen LogP contribution in [0.3, 0.4) is 0 Å². The predicted octanol–water partition coefficient (Wildman–Crippen LogP) is 6.81. The minimum Gasteiger partial charge on any atom is -0.299 e. The molecule has 31 heavy (non-hydrogen) atoms. The van der Waals surface area contributed by atoms with Crippen molar-refractivity contribution in [2.75, 3.05) is 0 Å². The lowest BCUT2D eigenvalue weighted by molar-refractivity contribution is -0.125. The number of hydrogen-bond acceptors (Lipinski definition) is 1. The number of hydrogen-bond donors (Lipinski definition) is 0.